The molecule has 4 aromatic rings. The molecule has 34 heavy (non-hydrogen) atoms. The molecule has 0 spiro atoms. The summed E-state index contributed by atoms with van der Waals surface area (Å²) in [5.41, 5.74) is 2.00. The first-order valence-corrected chi connectivity index (χ1v) is 14.4. The molecule has 0 bridgehead atoms. The molecular formula is C24H25N3O4S3. The smallest absolute Gasteiger partial charge is 0.253 e. The highest BCUT2D eigenvalue weighted by Gasteiger charge is 2.41. The van der Waals surface area contributed by atoms with Gasteiger partial charge in [0.15, 0.2) is 5.13 Å². The van der Waals surface area contributed by atoms with Gasteiger partial charge in [-0.25, -0.2) is 13.4 Å². The highest BCUT2D eigenvalue weighted by molar-refractivity contribution is 7.91. The minimum atomic E-state index is -3.76. The van der Waals surface area contributed by atoms with Crippen LogP contribution in [0.1, 0.15) is 37.5 Å². The SMILES string of the molecule is CCc1cccc2sc(N(Cc3ccco3)C(=O)C3CCCCN3S(=O)(=O)c3cccs3)nc12. The third-order valence-electron chi connectivity index (χ3n) is 6.06. The molecule has 7 nitrogen and oxygen atoms in total. The number of furan rings is 1. The fourth-order valence-corrected chi connectivity index (χ4v) is 8.13. The van der Waals surface area contributed by atoms with E-state index in [1.807, 2.05) is 24.3 Å². The molecule has 1 amide bonds. The van der Waals surface area contributed by atoms with Crippen LogP contribution in [0.15, 0.2) is 62.7 Å². The lowest BCUT2D eigenvalue weighted by Crippen LogP contribution is -2.52. The second-order valence-corrected chi connectivity index (χ2v) is 12.3. The van der Waals surface area contributed by atoms with Gasteiger partial charge in [0.2, 0.25) is 5.91 Å². The summed E-state index contributed by atoms with van der Waals surface area (Å²) in [7, 11) is -3.76. The van der Waals surface area contributed by atoms with Crippen LogP contribution in [0, 0.1) is 0 Å². The third-order valence-corrected chi connectivity index (χ3v) is 10.4. The summed E-state index contributed by atoms with van der Waals surface area (Å²) in [6.07, 6.45) is 4.40. The van der Waals surface area contributed by atoms with Crippen molar-refractivity contribution < 1.29 is 17.6 Å². The second kappa shape index (κ2) is 9.61. The maximum Gasteiger partial charge on any atom is 0.253 e. The molecule has 1 aliphatic heterocycles. The number of amides is 1. The number of thiophene rings is 1. The number of hydrogen-bond acceptors (Lipinski definition) is 7. The molecule has 5 rings (SSSR count). The summed E-state index contributed by atoms with van der Waals surface area (Å²) in [5, 5.41) is 2.29. The lowest BCUT2D eigenvalue weighted by atomic mass is 10.0. The van der Waals surface area contributed by atoms with E-state index >= 15 is 0 Å². The second-order valence-electron chi connectivity index (χ2n) is 8.18. The van der Waals surface area contributed by atoms with E-state index in [2.05, 4.69) is 6.92 Å². The number of benzene rings is 1. The number of anilines is 1. The normalized spacial score (nSPS) is 17.3. The zero-order valence-electron chi connectivity index (χ0n) is 18.7. The van der Waals surface area contributed by atoms with Crippen LogP contribution in [0.25, 0.3) is 10.2 Å². The quantitative estimate of drug-likeness (QED) is 0.334. The van der Waals surface area contributed by atoms with Gasteiger partial charge in [0.05, 0.1) is 23.0 Å². The van der Waals surface area contributed by atoms with Gasteiger partial charge in [-0.2, -0.15) is 4.31 Å². The molecule has 0 saturated carbocycles. The lowest BCUT2D eigenvalue weighted by Gasteiger charge is -2.35. The molecular weight excluding hydrogens is 490 g/mol. The number of carbonyl (C=O) groups excluding carboxylic acids is 1. The Hall–Kier alpha value is -2.53. The number of para-hydroxylation sites is 1. The molecule has 3 aromatic heterocycles. The van der Waals surface area contributed by atoms with Crippen molar-refractivity contribution in [2.75, 3.05) is 11.4 Å². The predicted octanol–water partition coefficient (Wildman–Crippen LogP) is 5.29. The first-order chi connectivity index (χ1) is 16.5. The van der Waals surface area contributed by atoms with E-state index in [-0.39, 0.29) is 16.7 Å². The van der Waals surface area contributed by atoms with E-state index in [1.54, 1.807) is 34.7 Å². The van der Waals surface area contributed by atoms with Gasteiger partial charge in [0.25, 0.3) is 10.0 Å². The number of nitrogens with zero attached hydrogens (tertiary/aromatic N) is 3. The van der Waals surface area contributed by atoms with Gasteiger partial charge in [-0.1, -0.05) is 42.9 Å². The number of rotatable bonds is 7. The van der Waals surface area contributed by atoms with Gasteiger partial charge in [-0.05, 0) is 54.5 Å². The van der Waals surface area contributed by atoms with Crippen LogP contribution in [0.3, 0.4) is 0 Å². The Morgan fingerprint density at radius 1 is 1.21 bits per heavy atom. The summed E-state index contributed by atoms with van der Waals surface area (Å²) in [5.74, 6) is 0.347. The Kier molecular flexibility index (Phi) is 6.57. The molecule has 4 heterocycles. The summed E-state index contributed by atoms with van der Waals surface area (Å²) in [6, 6.07) is 12.2. The van der Waals surface area contributed by atoms with Crippen molar-refractivity contribution in [2.45, 2.75) is 49.4 Å². The number of aromatic nitrogens is 1. The van der Waals surface area contributed by atoms with E-state index in [4.69, 9.17) is 9.40 Å². The number of piperidine rings is 1. The monoisotopic (exact) mass is 515 g/mol. The average molecular weight is 516 g/mol. The number of aryl methyl sites for hydroxylation is 1. The average Bonchev–Trinajstić information content (AvgIpc) is 3.63. The van der Waals surface area contributed by atoms with Crippen LogP contribution in [-0.4, -0.2) is 36.2 Å². The molecule has 0 radical (unpaired) electrons. The Labute approximate surface area is 206 Å². The molecule has 1 aliphatic rings. The van der Waals surface area contributed by atoms with E-state index in [9.17, 15) is 13.2 Å². The molecule has 1 saturated heterocycles. The molecule has 0 N–H and O–H groups in total. The van der Waals surface area contributed by atoms with Gasteiger partial charge < -0.3 is 4.42 Å². The molecule has 1 unspecified atom stereocenters. The third kappa shape index (κ3) is 4.31. The van der Waals surface area contributed by atoms with Crippen molar-refractivity contribution in [1.29, 1.82) is 0 Å². The Morgan fingerprint density at radius 3 is 2.82 bits per heavy atom. The van der Waals surface area contributed by atoms with Gasteiger partial charge in [-0.3, -0.25) is 9.69 Å². The summed E-state index contributed by atoms with van der Waals surface area (Å²) in [4.78, 5) is 20.5. The van der Waals surface area contributed by atoms with Crippen LogP contribution in [0.2, 0.25) is 0 Å². The zero-order chi connectivity index (χ0) is 23.7. The van der Waals surface area contributed by atoms with Crippen LogP contribution >= 0.6 is 22.7 Å². The topological polar surface area (TPSA) is 83.7 Å². The summed E-state index contributed by atoms with van der Waals surface area (Å²) >= 11 is 2.62. The van der Waals surface area contributed by atoms with E-state index in [0.29, 0.717) is 23.9 Å². The number of hydrogen-bond donors (Lipinski definition) is 0. The molecule has 1 fully saturated rings. The van der Waals surface area contributed by atoms with Crippen molar-refractivity contribution in [3.05, 3.63) is 65.4 Å². The summed E-state index contributed by atoms with van der Waals surface area (Å²) < 4.78 is 35.0. The fraction of sp³-hybridized carbons (Fsp3) is 0.333. The Bertz CT molecular complexity index is 1380. The highest BCUT2D eigenvalue weighted by Crippen LogP contribution is 2.35. The Balaban J connectivity index is 1.55. The first kappa shape index (κ1) is 23.2. The molecule has 1 atom stereocenters. The Morgan fingerprint density at radius 2 is 2.09 bits per heavy atom. The molecule has 0 aliphatic carbocycles. The van der Waals surface area contributed by atoms with Crippen LogP contribution in [-0.2, 0) is 27.8 Å². The summed E-state index contributed by atoms with van der Waals surface area (Å²) in [6.45, 7) is 2.59. The standard InChI is InChI=1S/C24H25N3O4S3/c1-2-17-8-5-11-20-22(17)25-24(33-20)26(16-18-9-6-14-31-18)23(28)19-10-3-4-13-27(19)34(29,30)21-12-7-15-32-21/h5-9,11-12,14-15,19H,2-4,10,13,16H2,1H3. The van der Waals surface area contributed by atoms with E-state index < -0.39 is 16.1 Å². The van der Waals surface area contributed by atoms with Gasteiger partial charge >= 0.3 is 0 Å². The number of carbonyl (C=O) groups is 1. The minimum absolute atomic E-state index is 0.191. The maximum atomic E-state index is 14.0. The zero-order valence-corrected chi connectivity index (χ0v) is 21.2. The van der Waals surface area contributed by atoms with Gasteiger partial charge in [-0.15, -0.1) is 11.3 Å². The minimum Gasteiger partial charge on any atom is -0.467 e. The maximum absolute atomic E-state index is 14.0. The fourth-order valence-electron chi connectivity index (χ4n) is 4.34. The molecule has 10 heteroatoms. The van der Waals surface area contributed by atoms with Crippen LogP contribution < -0.4 is 4.90 Å². The number of fused-ring (bicyclic) bond motifs is 1. The highest BCUT2D eigenvalue weighted by atomic mass is 32.2. The first-order valence-electron chi connectivity index (χ1n) is 11.3. The van der Waals surface area contributed by atoms with Crippen LogP contribution in [0.4, 0.5) is 5.13 Å². The molecule has 178 valence electrons. The van der Waals surface area contributed by atoms with Gasteiger partial charge in [0, 0.05) is 6.54 Å². The van der Waals surface area contributed by atoms with Crippen molar-refractivity contribution in [1.82, 2.24) is 9.29 Å². The lowest BCUT2D eigenvalue weighted by molar-refractivity contribution is -0.123. The largest absolute Gasteiger partial charge is 0.467 e. The predicted molar refractivity (Wildman–Crippen MR) is 135 cm³/mol. The van der Waals surface area contributed by atoms with Crippen molar-refractivity contribution in [3.63, 3.8) is 0 Å². The number of thiazole rings is 1. The molecule has 1 aromatic carbocycles. The van der Waals surface area contributed by atoms with Gasteiger partial charge in [0.1, 0.15) is 16.0 Å². The van der Waals surface area contributed by atoms with E-state index in [1.165, 1.54) is 27.0 Å². The van der Waals surface area contributed by atoms with Crippen molar-refractivity contribution >= 4 is 54.0 Å². The van der Waals surface area contributed by atoms with Crippen molar-refractivity contribution in [3.8, 4) is 0 Å². The van der Waals surface area contributed by atoms with Crippen molar-refractivity contribution in [2.24, 2.45) is 0 Å². The van der Waals surface area contributed by atoms with E-state index in [0.717, 1.165) is 35.0 Å². The number of sulfonamides is 1. The van der Waals surface area contributed by atoms with Crippen LogP contribution in [0.5, 0.6) is 0 Å².